The highest BCUT2D eigenvalue weighted by Crippen LogP contribution is 2.31. The van der Waals surface area contributed by atoms with E-state index >= 15 is 0 Å². The predicted octanol–water partition coefficient (Wildman–Crippen LogP) is 2.64. The number of carbonyl (C=O) groups excluding carboxylic acids is 1. The summed E-state index contributed by atoms with van der Waals surface area (Å²) in [6, 6.07) is 0.559. The van der Waals surface area contributed by atoms with Gasteiger partial charge >= 0.3 is 0 Å². The second kappa shape index (κ2) is 6.16. The summed E-state index contributed by atoms with van der Waals surface area (Å²) in [6.07, 6.45) is 8.72. The molecular weight excluding hydrogens is 226 g/mol. The first-order valence-corrected chi connectivity index (χ1v) is 7.50. The predicted molar refractivity (Wildman–Crippen MR) is 72.6 cm³/mol. The van der Waals surface area contributed by atoms with Crippen LogP contribution in [0.2, 0.25) is 0 Å². The van der Waals surface area contributed by atoms with Crippen molar-refractivity contribution in [3.05, 3.63) is 0 Å². The fourth-order valence-corrected chi connectivity index (χ4v) is 3.58. The molecule has 3 unspecified atom stereocenters. The summed E-state index contributed by atoms with van der Waals surface area (Å²) >= 11 is 0. The lowest BCUT2D eigenvalue weighted by atomic mass is 9.84. The fourth-order valence-electron chi connectivity index (χ4n) is 3.58. The number of morpholine rings is 1. The van der Waals surface area contributed by atoms with E-state index in [0.717, 1.165) is 32.5 Å². The number of aldehydes is 1. The zero-order chi connectivity index (χ0) is 13.0. The van der Waals surface area contributed by atoms with Crippen molar-refractivity contribution in [1.29, 1.82) is 0 Å². The van der Waals surface area contributed by atoms with Crippen molar-refractivity contribution in [3.63, 3.8) is 0 Å². The van der Waals surface area contributed by atoms with Crippen LogP contribution < -0.4 is 0 Å². The van der Waals surface area contributed by atoms with Crippen LogP contribution in [0.4, 0.5) is 0 Å². The van der Waals surface area contributed by atoms with Crippen LogP contribution in [0.3, 0.4) is 0 Å². The third-order valence-electron chi connectivity index (χ3n) is 4.52. The SMILES string of the molecule is CCCC(C)(C=O)CN1CCOC2CCCCC21. The number of ether oxygens (including phenoxy) is 1. The van der Waals surface area contributed by atoms with Gasteiger partial charge in [-0.15, -0.1) is 0 Å². The molecule has 1 aliphatic heterocycles. The van der Waals surface area contributed by atoms with E-state index < -0.39 is 0 Å². The average molecular weight is 253 g/mol. The van der Waals surface area contributed by atoms with Crippen molar-refractivity contribution in [2.45, 2.75) is 64.5 Å². The standard InChI is InChI=1S/C15H27NO2/c1-3-8-15(2,12-17)11-16-9-10-18-14-7-5-4-6-13(14)16/h12-14H,3-11H2,1-2H3. The van der Waals surface area contributed by atoms with E-state index in [1.807, 2.05) is 0 Å². The van der Waals surface area contributed by atoms with Crippen LogP contribution in [0.5, 0.6) is 0 Å². The van der Waals surface area contributed by atoms with Gasteiger partial charge in [-0.1, -0.05) is 33.1 Å². The maximum atomic E-state index is 11.4. The lowest BCUT2D eigenvalue weighted by Gasteiger charge is -2.46. The summed E-state index contributed by atoms with van der Waals surface area (Å²) in [5.41, 5.74) is -0.173. The molecule has 2 aliphatic rings. The Bertz CT molecular complexity index is 280. The van der Waals surface area contributed by atoms with Crippen molar-refractivity contribution < 1.29 is 9.53 Å². The zero-order valence-corrected chi connectivity index (χ0v) is 11.9. The molecule has 3 atom stereocenters. The van der Waals surface area contributed by atoms with Crippen molar-refractivity contribution >= 4 is 6.29 Å². The van der Waals surface area contributed by atoms with Crippen molar-refractivity contribution in [2.24, 2.45) is 5.41 Å². The van der Waals surface area contributed by atoms with Gasteiger partial charge in [-0.2, -0.15) is 0 Å². The second-order valence-corrected chi connectivity index (χ2v) is 6.25. The van der Waals surface area contributed by atoms with Gasteiger partial charge in [0.2, 0.25) is 0 Å². The van der Waals surface area contributed by atoms with E-state index in [4.69, 9.17) is 4.74 Å². The Morgan fingerprint density at radius 1 is 1.39 bits per heavy atom. The summed E-state index contributed by atoms with van der Waals surface area (Å²) < 4.78 is 5.89. The highest BCUT2D eigenvalue weighted by atomic mass is 16.5. The Kier molecular flexibility index (Phi) is 4.79. The fraction of sp³-hybridized carbons (Fsp3) is 0.933. The topological polar surface area (TPSA) is 29.5 Å². The molecule has 0 spiro atoms. The van der Waals surface area contributed by atoms with Crippen molar-refractivity contribution in [2.75, 3.05) is 19.7 Å². The van der Waals surface area contributed by atoms with E-state index in [2.05, 4.69) is 18.7 Å². The van der Waals surface area contributed by atoms with Gasteiger partial charge in [-0.05, 0) is 19.3 Å². The number of nitrogens with zero attached hydrogens (tertiary/aromatic N) is 1. The van der Waals surface area contributed by atoms with Gasteiger partial charge in [0.15, 0.2) is 0 Å². The Morgan fingerprint density at radius 3 is 2.89 bits per heavy atom. The molecule has 0 bridgehead atoms. The Morgan fingerprint density at radius 2 is 2.17 bits per heavy atom. The van der Waals surface area contributed by atoms with E-state index in [-0.39, 0.29) is 5.41 Å². The maximum absolute atomic E-state index is 11.4. The summed E-state index contributed by atoms with van der Waals surface area (Å²) in [6.45, 7) is 7.01. The normalized spacial score (nSPS) is 32.6. The van der Waals surface area contributed by atoms with Crippen molar-refractivity contribution in [3.8, 4) is 0 Å². The van der Waals surface area contributed by atoms with E-state index in [1.165, 1.54) is 32.0 Å². The highest BCUT2D eigenvalue weighted by molar-refractivity contribution is 5.59. The van der Waals surface area contributed by atoms with E-state index in [1.54, 1.807) is 0 Å². The van der Waals surface area contributed by atoms with Crippen LogP contribution in [0.1, 0.15) is 52.4 Å². The van der Waals surface area contributed by atoms with Gasteiger partial charge in [0.05, 0.1) is 12.7 Å². The molecule has 3 heteroatoms. The highest BCUT2D eigenvalue weighted by Gasteiger charge is 2.37. The van der Waals surface area contributed by atoms with Gasteiger partial charge in [0.25, 0.3) is 0 Å². The molecule has 2 rings (SSSR count). The summed E-state index contributed by atoms with van der Waals surface area (Å²) in [4.78, 5) is 13.9. The number of hydrogen-bond acceptors (Lipinski definition) is 3. The number of fused-ring (bicyclic) bond motifs is 1. The van der Waals surface area contributed by atoms with Gasteiger partial charge in [0, 0.05) is 24.5 Å². The van der Waals surface area contributed by atoms with E-state index in [9.17, 15) is 4.79 Å². The number of hydrogen-bond donors (Lipinski definition) is 0. The molecule has 1 saturated carbocycles. The quantitative estimate of drug-likeness (QED) is 0.705. The first-order chi connectivity index (χ1) is 8.68. The minimum absolute atomic E-state index is 0.173. The number of rotatable bonds is 5. The lowest BCUT2D eigenvalue weighted by molar-refractivity contribution is -0.123. The minimum atomic E-state index is -0.173. The van der Waals surface area contributed by atoms with Gasteiger partial charge in [-0.25, -0.2) is 0 Å². The van der Waals surface area contributed by atoms with Gasteiger partial charge in [0.1, 0.15) is 6.29 Å². The van der Waals surface area contributed by atoms with Crippen molar-refractivity contribution in [1.82, 2.24) is 4.90 Å². The van der Waals surface area contributed by atoms with Crippen LogP contribution >= 0.6 is 0 Å². The first-order valence-electron chi connectivity index (χ1n) is 7.50. The third-order valence-corrected chi connectivity index (χ3v) is 4.52. The molecular formula is C15H27NO2. The molecule has 1 heterocycles. The third kappa shape index (κ3) is 3.12. The summed E-state index contributed by atoms with van der Waals surface area (Å²) in [7, 11) is 0. The second-order valence-electron chi connectivity index (χ2n) is 6.25. The van der Waals surface area contributed by atoms with Crippen LogP contribution in [0, 0.1) is 5.41 Å². The molecule has 2 fully saturated rings. The van der Waals surface area contributed by atoms with Crippen LogP contribution in [-0.4, -0.2) is 43.0 Å². The van der Waals surface area contributed by atoms with Gasteiger partial charge < -0.3 is 9.53 Å². The van der Waals surface area contributed by atoms with Crippen LogP contribution in [0.25, 0.3) is 0 Å². The van der Waals surface area contributed by atoms with Gasteiger partial charge in [-0.3, -0.25) is 4.90 Å². The Balaban J connectivity index is 2.00. The molecule has 0 radical (unpaired) electrons. The average Bonchev–Trinajstić information content (AvgIpc) is 2.39. The van der Waals surface area contributed by atoms with E-state index in [0.29, 0.717) is 12.1 Å². The molecule has 1 aliphatic carbocycles. The Hall–Kier alpha value is -0.410. The largest absolute Gasteiger partial charge is 0.375 e. The summed E-state index contributed by atoms with van der Waals surface area (Å²) in [5, 5.41) is 0. The number of carbonyl (C=O) groups is 1. The zero-order valence-electron chi connectivity index (χ0n) is 11.9. The van der Waals surface area contributed by atoms with Crippen LogP contribution in [0.15, 0.2) is 0 Å². The lowest BCUT2D eigenvalue weighted by Crippen LogP contribution is -2.55. The molecule has 0 aromatic heterocycles. The molecule has 0 amide bonds. The maximum Gasteiger partial charge on any atom is 0.127 e. The van der Waals surface area contributed by atoms with Crippen LogP contribution in [-0.2, 0) is 9.53 Å². The Labute approximate surface area is 111 Å². The molecule has 104 valence electrons. The molecule has 0 N–H and O–H groups in total. The first kappa shape index (κ1) is 14.0. The molecule has 0 aromatic rings. The smallest absolute Gasteiger partial charge is 0.127 e. The molecule has 18 heavy (non-hydrogen) atoms. The molecule has 3 nitrogen and oxygen atoms in total. The monoisotopic (exact) mass is 253 g/mol. The molecule has 1 saturated heterocycles. The summed E-state index contributed by atoms with van der Waals surface area (Å²) in [5.74, 6) is 0. The molecule has 0 aromatic carbocycles. The minimum Gasteiger partial charge on any atom is -0.375 e.